The number of rotatable bonds is 3. The molecule has 1 saturated heterocycles. The van der Waals surface area contributed by atoms with E-state index in [-0.39, 0.29) is 11.6 Å². The van der Waals surface area contributed by atoms with Crippen LogP contribution in [-0.4, -0.2) is 36.1 Å². The van der Waals surface area contributed by atoms with E-state index in [4.69, 9.17) is 4.74 Å². The second-order valence-electron chi connectivity index (χ2n) is 6.01. The summed E-state index contributed by atoms with van der Waals surface area (Å²) in [4.78, 5) is 17.2. The molecule has 126 valence electrons. The van der Waals surface area contributed by atoms with E-state index in [1.54, 1.807) is 4.90 Å². The molecule has 2 heterocycles. The van der Waals surface area contributed by atoms with Crippen molar-refractivity contribution in [2.75, 3.05) is 25.5 Å². The molecule has 2 aliphatic rings. The number of pyridine rings is 1. The van der Waals surface area contributed by atoms with Crippen molar-refractivity contribution in [3.05, 3.63) is 17.8 Å². The van der Waals surface area contributed by atoms with Crippen LogP contribution >= 0.6 is 0 Å². The Morgan fingerprint density at radius 2 is 2.04 bits per heavy atom. The molecule has 1 unspecified atom stereocenters. The third-order valence-corrected chi connectivity index (χ3v) is 4.39. The van der Waals surface area contributed by atoms with E-state index in [0.29, 0.717) is 24.9 Å². The summed E-state index contributed by atoms with van der Waals surface area (Å²) in [6, 6.07) is 1.95. The van der Waals surface area contributed by atoms with Gasteiger partial charge in [-0.15, -0.1) is 0 Å². The average molecular weight is 329 g/mol. The zero-order chi connectivity index (χ0) is 16.6. The van der Waals surface area contributed by atoms with Crippen molar-refractivity contribution < 1.29 is 22.7 Å². The lowest BCUT2D eigenvalue weighted by atomic mass is 10.0. The Morgan fingerprint density at radius 3 is 2.65 bits per heavy atom. The standard InChI is InChI=1S/C15H18F3N3O2/c1-23-12-5-4-11(13(20-12)15(16,17)18)19-14(22)21-7-6-10(8-21)9-2-3-9/h4-5,9-10H,2-3,6-8H2,1H3,(H,19,22). The minimum Gasteiger partial charge on any atom is -0.481 e. The molecule has 23 heavy (non-hydrogen) atoms. The first-order chi connectivity index (χ1) is 10.9. The number of anilines is 1. The van der Waals surface area contributed by atoms with Gasteiger partial charge in [-0.25, -0.2) is 9.78 Å². The number of ether oxygens (including phenoxy) is 1. The average Bonchev–Trinajstić information content (AvgIpc) is 3.23. The van der Waals surface area contributed by atoms with Crippen LogP contribution in [0.5, 0.6) is 5.88 Å². The number of amides is 2. The van der Waals surface area contributed by atoms with Crippen LogP contribution in [0.1, 0.15) is 25.0 Å². The van der Waals surface area contributed by atoms with Gasteiger partial charge in [0.05, 0.1) is 12.8 Å². The number of halogens is 3. The molecule has 2 fully saturated rings. The fraction of sp³-hybridized carbons (Fsp3) is 0.600. The number of nitrogens with zero attached hydrogens (tertiary/aromatic N) is 2. The van der Waals surface area contributed by atoms with Crippen molar-refractivity contribution in [3.63, 3.8) is 0 Å². The first-order valence-corrected chi connectivity index (χ1v) is 7.56. The fourth-order valence-corrected chi connectivity index (χ4v) is 2.99. The summed E-state index contributed by atoms with van der Waals surface area (Å²) >= 11 is 0. The molecule has 0 spiro atoms. The predicted octanol–water partition coefficient (Wildman–Crippen LogP) is 3.37. The van der Waals surface area contributed by atoms with Gasteiger partial charge in [-0.3, -0.25) is 0 Å². The summed E-state index contributed by atoms with van der Waals surface area (Å²) in [5.41, 5.74) is -1.50. The van der Waals surface area contributed by atoms with Crippen LogP contribution in [0.25, 0.3) is 0 Å². The number of nitrogens with one attached hydrogen (secondary N) is 1. The van der Waals surface area contributed by atoms with Crippen LogP contribution in [0.2, 0.25) is 0 Å². The molecule has 8 heteroatoms. The zero-order valence-electron chi connectivity index (χ0n) is 12.7. The molecular weight excluding hydrogens is 311 g/mol. The monoisotopic (exact) mass is 329 g/mol. The van der Waals surface area contributed by atoms with Gasteiger partial charge in [0, 0.05) is 19.2 Å². The molecule has 0 radical (unpaired) electrons. The van der Waals surface area contributed by atoms with Crippen LogP contribution in [0, 0.1) is 11.8 Å². The van der Waals surface area contributed by atoms with Crippen LogP contribution in [-0.2, 0) is 6.18 Å². The van der Waals surface area contributed by atoms with Gasteiger partial charge in [0.1, 0.15) is 0 Å². The number of aromatic nitrogens is 1. The van der Waals surface area contributed by atoms with Crippen molar-refractivity contribution in [2.45, 2.75) is 25.4 Å². The fourth-order valence-electron chi connectivity index (χ4n) is 2.99. The van der Waals surface area contributed by atoms with E-state index >= 15 is 0 Å². The number of hydrogen-bond acceptors (Lipinski definition) is 3. The smallest absolute Gasteiger partial charge is 0.435 e. The third kappa shape index (κ3) is 3.51. The van der Waals surface area contributed by atoms with Gasteiger partial charge < -0.3 is 15.0 Å². The second kappa shape index (κ2) is 5.90. The first-order valence-electron chi connectivity index (χ1n) is 7.56. The highest BCUT2D eigenvalue weighted by atomic mass is 19.4. The molecule has 2 amide bonds. The minimum absolute atomic E-state index is 0.148. The molecule has 5 nitrogen and oxygen atoms in total. The van der Waals surface area contributed by atoms with E-state index in [9.17, 15) is 18.0 Å². The Bertz CT molecular complexity index is 602. The zero-order valence-corrected chi connectivity index (χ0v) is 12.7. The number of likely N-dealkylation sites (tertiary alicyclic amines) is 1. The number of carbonyl (C=O) groups is 1. The Morgan fingerprint density at radius 1 is 1.30 bits per heavy atom. The number of methoxy groups -OCH3 is 1. The molecule has 1 aliphatic carbocycles. The van der Waals surface area contributed by atoms with Gasteiger partial charge in [0.15, 0.2) is 5.69 Å². The first kappa shape index (κ1) is 15.9. The summed E-state index contributed by atoms with van der Waals surface area (Å²) < 4.78 is 44.0. The molecule has 1 aromatic rings. The highest BCUT2D eigenvalue weighted by molar-refractivity contribution is 5.90. The van der Waals surface area contributed by atoms with Gasteiger partial charge in [-0.2, -0.15) is 13.2 Å². The number of carbonyl (C=O) groups excluding carboxylic acids is 1. The molecule has 3 rings (SSSR count). The van der Waals surface area contributed by atoms with Crippen LogP contribution < -0.4 is 10.1 Å². The summed E-state index contributed by atoms with van der Waals surface area (Å²) in [6.45, 7) is 1.19. The second-order valence-corrected chi connectivity index (χ2v) is 6.01. The predicted molar refractivity (Wildman–Crippen MR) is 77.2 cm³/mol. The number of hydrogen-bond donors (Lipinski definition) is 1. The normalized spacial score (nSPS) is 21.4. The molecule has 1 atom stereocenters. The van der Waals surface area contributed by atoms with Crippen molar-refractivity contribution in [1.29, 1.82) is 0 Å². The van der Waals surface area contributed by atoms with Crippen LogP contribution in [0.3, 0.4) is 0 Å². The van der Waals surface area contributed by atoms with Gasteiger partial charge in [-0.1, -0.05) is 0 Å². The molecule has 1 N–H and O–H groups in total. The topological polar surface area (TPSA) is 54.5 Å². The summed E-state index contributed by atoms with van der Waals surface area (Å²) in [6.07, 6.45) is -1.36. The van der Waals surface area contributed by atoms with Crippen LogP contribution in [0.15, 0.2) is 12.1 Å². The van der Waals surface area contributed by atoms with E-state index in [2.05, 4.69) is 10.3 Å². The molecular formula is C15H18F3N3O2. The SMILES string of the molecule is COc1ccc(NC(=O)N2CCC(C3CC3)C2)c(C(F)(F)F)n1. The Labute approximate surface area is 131 Å². The summed E-state index contributed by atoms with van der Waals surface area (Å²) in [7, 11) is 1.24. The summed E-state index contributed by atoms with van der Waals surface area (Å²) in [5, 5.41) is 2.34. The maximum Gasteiger partial charge on any atom is 0.435 e. The molecule has 1 aliphatic heterocycles. The molecule has 0 bridgehead atoms. The quantitative estimate of drug-likeness (QED) is 0.925. The molecule has 1 saturated carbocycles. The van der Waals surface area contributed by atoms with Crippen molar-refractivity contribution in [1.82, 2.24) is 9.88 Å². The van der Waals surface area contributed by atoms with Gasteiger partial charge >= 0.3 is 12.2 Å². The molecule has 1 aromatic heterocycles. The highest BCUT2D eigenvalue weighted by Gasteiger charge is 2.39. The van der Waals surface area contributed by atoms with E-state index in [0.717, 1.165) is 6.42 Å². The van der Waals surface area contributed by atoms with E-state index in [1.807, 2.05) is 0 Å². The van der Waals surface area contributed by atoms with E-state index in [1.165, 1.54) is 32.1 Å². The largest absolute Gasteiger partial charge is 0.481 e. The molecule has 0 aromatic carbocycles. The number of alkyl halides is 3. The minimum atomic E-state index is -4.67. The lowest BCUT2D eigenvalue weighted by Gasteiger charge is -2.19. The van der Waals surface area contributed by atoms with E-state index < -0.39 is 17.9 Å². The van der Waals surface area contributed by atoms with Crippen molar-refractivity contribution in [3.8, 4) is 5.88 Å². The maximum atomic E-state index is 13.1. The van der Waals surface area contributed by atoms with Gasteiger partial charge in [0.25, 0.3) is 0 Å². The number of urea groups is 1. The Hall–Kier alpha value is -1.99. The lowest BCUT2D eigenvalue weighted by molar-refractivity contribution is -0.140. The lowest BCUT2D eigenvalue weighted by Crippen LogP contribution is -2.34. The van der Waals surface area contributed by atoms with Gasteiger partial charge in [0.2, 0.25) is 5.88 Å². The Kier molecular flexibility index (Phi) is 4.08. The van der Waals surface area contributed by atoms with Crippen molar-refractivity contribution in [2.24, 2.45) is 11.8 Å². The van der Waals surface area contributed by atoms with Crippen molar-refractivity contribution >= 4 is 11.7 Å². The van der Waals surface area contributed by atoms with Crippen LogP contribution in [0.4, 0.5) is 23.7 Å². The maximum absolute atomic E-state index is 13.1. The van der Waals surface area contributed by atoms with Gasteiger partial charge in [-0.05, 0) is 37.2 Å². The Balaban J connectivity index is 1.72. The third-order valence-electron chi connectivity index (χ3n) is 4.39. The highest BCUT2D eigenvalue weighted by Crippen LogP contribution is 2.41. The summed E-state index contributed by atoms with van der Waals surface area (Å²) in [5.74, 6) is 1.02.